The molecule has 0 saturated carbocycles. The molecule has 8 heteroatoms. The summed E-state index contributed by atoms with van der Waals surface area (Å²) in [5.41, 5.74) is 1.47. The van der Waals surface area contributed by atoms with Crippen molar-refractivity contribution in [3.05, 3.63) is 76.6 Å². The van der Waals surface area contributed by atoms with Crippen molar-refractivity contribution in [3.8, 4) is 11.5 Å². The molecule has 3 rings (SSSR count). The van der Waals surface area contributed by atoms with Crippen LogP contribution in [0.3, 0.4) is 0 Å². The van der Waals surface area contributed by atoms with Gasteiger partial charge >= 0.3 is 5.97 Å². The first-order chi connectivity index (χ1) is 14.0. The third-order valence-electron chi connectivity index (χ3n) is 4.20. The lowest BCUT2D eigenvalue weighted by Crippen LogP contribution is -2.14. The van der Waals surface area contributed by atoms with Crippen LogP contribution < -0.4 is 9.47 Å². The monoisotopic (exact) mass is 414 g/mol. The van der Waals surface area contributed by atoms with Crippen molar-refractivity contribution in [3.63, 3.8) is 0 Å². The lowest BCUT2D eigenvalue weighted by Gasteiger charge is -2.09. The van der Waals surface area contributed by atoms with Gasteiger partial charge in [0.05, 0.1) is 32.5 Å². The summed E-state index contributed by atoms with van der Waals surface area (Å²) < 4.78 is 17.0. The number of halogens is 1. The Bertz CT molecular complexity index is 1030. The van der Waals surface area contributed by atoms with Crippen molar-refractivity contribution < 1.29 is 23.8 Å². The number of ketones is 1. The van der Waals surface area contributed by atoms with E-state index in [1.165, 1.54) is 26.5 Å². The summed E-state index contributed by atoms with van der Waals surface area (Å²) in [4.78, 5) is 24.6. The number of ether oxygens (including phenoxy) is 3. The number of benzene rings is 2. The molecule has 0 atom stereocenters. The van der Waals surface area contributed by atoms with E-state index in [2.05, 4.69) is 5.10 Å². The summed E-state index contributed by atoms with van der Waals surface area (Å²) in [7, 11) is 2.99. The van der Waals surface area contributed by atoms with Gasteiger partial charge in [0.1, 0.15) is 0 Å². The molecule has 0 amide bonds. The van der Waals surface area contributed by atoms with Crippen LogP contribution in [0.5, 0.6) is 11.5 Å². The number of hydrogen-bond acceptors (Lipinski definition) is 6. The smallest absolute Gasteiger partial charge is 0.341 e. The number of methoxy groups -OCH3 is 2. The maximum atomic E-state index is 12.3. The molecule has 0 N–H and O–H groups in total. The number of esters is 1. The largest absolute Gasteiger partial charge is 0.493 e. The second-order valence-corrected chi connectivity index (χ2v) is 6.49. The van der Waals surface area contributed by atoms with Gasteiger partial charge in [-0.05, 0) is 29.8 Å². The van der Waals surface area contributed by atoms with Gasteiger partial charge in [-0.2, -0.15) is 5.10 Å². The highest BCUT2D eigenvalue weighted by Gasteiger charge is 2.16. The van der Waals surface area contributed by atoms with Gasteiger partial charge in [-0.1, -0.05) is 29.8 Å². The van der Waals surface area contributed by atoms with Gasteiger partial charge in [-0.3, -0.25) is 9.48 Å². The second-order valence-electron chi connectivity index (χ2n) is 6.09. The topological polar surface area (TPSA) is 79.7 Å². The second kappa shape index (κ2) is 9.25. The van der Waals surface area contributed by atoms with Crippen molar-refractivity contribution >= 4 is 23.4 Å². The van der Waals surface area contributed by atoms with E-state index in [1.807, 2.05) is 18.2 Å². The molecule has 3 aromatic rings. The van der Waals surface area contributed by atoms with E-state index in [0.29, 0.717) is 28.6 Å². The highest BCUT2D eigenvalue weighted by atomic mass is 35.5. The van der Waals surface area contributed by atoms with Crippen LogP contribution in [-0.2, 0) is 11.3 Å². The minimum absolute atomic E-state index is 0.247. The zero-order chi connectivity index (χ0) is 20.8. The summed E-state index contributed by atoms with van der Waals surface area (Å²) >= 11 is 6.14. The zero-order valence-corrected chi connectivity index (χ0v) is 16.7. The Hall–Kier alpha value is -3.32. The minimum atomic E-state index is -0.635. The van der Waals surface area contributed by atoms with Gasteiger partial charge in [-0.15, -0.1) is 0 Å². The molecule has 2 aromatic carbocycles. The normalized spacial score (nSPS) is 10.4. The van der Waals surface area contributed by atoms with Crippen LogP contribution in [0.2, 0.25) is 5.02 Å². The van der Waals surface area contributed by atoms with Crippen LogP contribution in [0, 0.1) is 0 Å². The molecule has 0 radical (unpaired) electrons. The molecule has 0 unspecified atom stereocenters. The molecule has 0 bridgehead atoms. The quantitative estimate of drug-likeness (QED) is 0.413. The van der Waals surface area contributed by atoms with Crippen LogP contribution in [0.1, 0.15) is 26.3 Å². The van der Waals surface area contributed by atoms with Crippen LogP contribution in [-0.4, -0.2) is 42.4 Å². The van der Waals surface area contributed by atoms with E-state index in [0.717, 1.165) is 5.56 Å². The predicted octanol–water partition coefficient (Wildman–Crippen LogP) is 3.64. The number of Topliss-reactive ketones (excluding diaryl/α,β-unsaturated/α-hetero) is 1. The third kappa shape index (κ3) is 4.94. The van der Waals surface area contributed by atoms with Crippen molar-refractivity contribution in [1.29, 1.82) is 0 Å². The molecule has 0 saturated heterocycles. The van der Waals surface area contributed by atoms with Crippen molar-refractivity contribution in [2.24, 2.45) is 0 Å². The minimum Gasteiger partial charge on any atom is -0.493 e. The Morgan fingerprint density at radius 3 is 2.52 bits per heavy atom. The number of hydrogen-bond donors (Lipinski definition) is 0. The van der Waals surface area contributed by atoms with Gasteiger partial charge in [-0.25, -0.2) is 4.79 Å². The summed E-state index contributed by atoms with van der Waals surface area (Å²) in [6.07, 6.45) is 2.94. The fourth-order valence-corrected chi connectivity index (χ4v) is 2.86. The number of carbonyl (C=O) groups is 2. The Morgan fingerprint density at radius 2 is 1.79 bits per heavy atom. The lowest BCUT2D eigenvalue weighted by molar-refractivity contribution is 0.0474. The first kappa shape index (κ1) is 20.4. The standard InChI is InChI=1S/C21H19ClN2O5/c1-27-19-8-7-14(9-20(19)28-2)18(25)13-29-21(26)16-10-23-24(12-16)11-15-5-3-4-6-17(15)22/h3-10,12H,11,13H2,1-2H3. The van der Waals surface area contributed by atoms with E-state index in [1.54, 1.807) is 29.1 Å². The molecule has 0 aliphatic rings. The summed E-state index contributed by atoms with van der Waals surface area (Å²) in [6, 6.07) is 12.1. The summed E-state index contributed by atoms with van der Waals surface area (Å²) in [6.45, 7) is 0.0154. The Morgan fingerprint density at radius 1 is 1.03 bits per heavy atom. The fraction of sp³-hybridized carbons (Fsp3) is 0.190. The summed E-state index contributed by atoms with van der Waals surface area (Å²) in [5, 5.41) is 4.76. The average Bonchev–Trinajstić information content (AvgIpc) is 3.21. The Labute approximate surface area is 172 Å². The molecule has 1 heterocycles. The highest BCUT2D eigenvalue weighted by molar-refractivity contribution is 6.31. The van der Waals surface area contributed by atoms with Gasteiger partial charge in [0.25, 0.3) is 0 Å². The molecule has 0 fully saturated rings. The van der Waals surface area contributed by atoms with E-state index < -0.39 is 12.6 Å². The van der Waals surface area contributed by atoms with E-state index in [4.69, 9.17) is 25.8 Å². The van der Waals surface area contributed by atoms with E-state index in [-0.39, 0.29) is 11.3 Å². The molecule has 7 nitrogen and oxygen atoms in total. The SMILES string of the molecule is COc1ccc(C(=O)COC(=O)c2cnn(Cc3ccccc3Cl)c2)cc1OC. The first-order valence-corrected chi connectivity index (χ1v) is 9.08. The van der Waals surface area contributed by atoms with Crippen LogP contribution >= 0.6 is 11.6 Å². The molecule has 29 heavy (non-hydrogen) atoms. The maximum Gasteiger partial charge on any atom is 0.341 e. The molecule has 0 spiro atoms. The number of carbonyl (C=O) groups excluding carboxylic acids is 2. The number of aromatic nitrogens is 2. The molecule has 1 aromatic heterocycles. The predicted molar refractivity (Wildman–Crippen MR) is 107 cm³/mol. The Balaban J connectivity index is 1.60. The van der Waals surface area contributed by atoms with Gasteiger partial charge in [0.15, 0.2) is 23.9 Å². The number of rotatable bonds is 8. The van der Waals surface area contributed by atoms with Crippen LogP contribution in [0.4, 0.5) is 0 Å². The third-order valence-corrected chi connectivity index (χ3v) is 4.57. The van der Waals surface area contributed by atoms with E-state index in [9.17, 15) is 9.59 Å². The molecule has 0 aliphatic carbocycles. The van der Waals surface area contributed by atoms with Gasteiger partial charge in [0.2, 0.25) is 0 Å². The average molecular weight is 415 g/mol. The first-order valence-electron chi connectivity index (χ1n) is 8.70. The fourth-order valence-electron chi connectivity index (χ4n) is 2.66. The van der Waals surface area contributed by atoms with Crippen molar-refractivity contribution in [2.45, 2.75) is 6.54 Å². The molecule has 0 aliphatic heterocycles. The lowest BCUT2D eigenvalue weighted by atomic mass is 10.1. The van der Waals surface area contributed by atoms with E-state index >= 15 is 0 Å². The molecule has 150 valence electrons. The molecular formula is C21H19ClN2O5. The van der Waals surface area contributed by atoms with Crippen molar-refractivity contribution in [2.75, 3.05) is 20.8 Å². The zero-order valence-electron chi connectivity index (χ0n) is 15.9. The van der Waals surface area contributed by atoms with Crippen LogP contribution in [0.25, 0.3) is 0 Å². The summed E-state index contributed by atoms with van der Waals surface area (Å²) in [5.74, 6) is -0.0653. The Kier molecular flexibility index (Phi) is 6.51. The van der Waals surface area contributed by atoms with Gasteiger partial charge in [0, 0.05) is 16.8 Å². The maximum absolute atomic E-state index is 12.3. The highest BCUT2D eigenvalue weighted by Crippen LogP contribution is 2.27. The molecular weight excluding hydrogens is 396 g/mol. The van der Waals surface area contributed by atoms with Crippen molar-refractivity contribution in [1.82, 2.24) is 9.78 Å². The van der Waals surface area contributed by atoms with Gasteiger partial charge < -0.3 is 14.2 Å². The van der Waals surface area contributed by atoms with Crippen LogP contribution in [0.15, 0.2) is 54.9 Å². The number of nitrogens with zero attached hydrogens (tertiary/aromatic N) is 2.